The van der Waals surface area contributed by atoms with E-state index in [1.54, 1.807) is 11.8 Å². The lowest BCUT2D eigenvalue weighted by molar-refractivity contribution is -0.148. The molecule has 0 atom stereocenters. The summed E-state index contributed by atoms with van der Waals surface area (Å²) in [6.45, 7) is 1.26. The van der Waals surface area contributed by atoms with Gasteiger partial charge in [-0.15, -0.1) is 11.8 Å². The summed E-state index contributed by atoms with van der Waals surface area (Å²) in [5.74, 6) is 1.06. The first-order valence-corrected chi connectivity index (χ1v) is 8.82. The van der Waals surface area contributed by atoms with Crippen LogP contribution in [0.4, 0.5) is 0 Å². The first-order valence-electron chi connectivity index (χ1n) is 7.28. The number of piperidine rings is 1. The van der Waals surface area contributed by atoms with Gasteiger partial charge in [-0.1, -0.05) is 29.8 Å². The Hall–Kier alpha value is -1.20. The van der Waals surface area contributed by atoms with Crippen LogP contribution in [0.3, 0.4) is 0 Å². The molecule has 1 fully saturated rings. The summed E-state index contributed by atoms with van der Waals surface area (Å²) in [6.07, 6.45) is 1.38. The van der Waals surface area contributed by atoms with Crippen LogP contribution < -0.4 is 0 Å². The minimum atomic E-state index is -0.166. The van der Waals surface area contributed by atoms with Crippen molar-refractivity contribution in [3.63, 3.8) is 0 Å². The molecule has 0 aromatic heterocycles. The molecule has 0 saturated carbocycles. The normalized spacial score (nSPS) is 15.6. The summed E-state index contributed by atoms with van der Waals surface area (Å²) < 4.78 is 4.75. The zero-order valence-corrected chi connectivity index (χ0v) is 14.2. The quantitative estimate of drug-likeness (QED) is 0.772. The zero-order chi connectivity index (χ0) is 15.9. The van der Waals surface area contributed by atoms with E-state index in [4.69, 9.17) is 16.3 Å². The van der Waals surface area contributed by atoms with Gasteiger partial charge in [-0.2, -0.15) is 0 Å². The third kappa shape index (κ3) is 4.65. The van der Waals surface area contributed by atoms with Crippen molar-refractivity contribution < 1.29 is 14.3 Å². The topological polar surface area (TPSA) is 46.6 Å². The van der Waals surface area contributed by atoms with Crippen molar-refractivity contribution in [2.75, 3.05) is 26.0 Å². The number of halogens is 1. The summed E-state index contributed by atoms with van der Waals surface area (Å²) in [5, 5.41) is 0.737. The minimum absolute atomic E-state index is 0.0650. The van der Waals surface area contributed by atoms with Crippen molar-refractivity contribution >= 4 is 35.2 Å². The van der Waals surface area contributed by atoms with E-state index in [2.05, 4.69) is 0 Å². The molecular formula is C16H20ClNO3S. The number of nitrogens with zero attached hydrogens (tertiary/aromatic N) is 1. The van der Waals surface area contributed by atoms with Crippen LogP contribution in [0.5, 0.6) is 0 Å². The number of methoxy groups -OCH3 is 1. The molecule has 1 aromatic rings. The van der Waals surface area contributed by atoms with Crippen molar-refractivity contribution in [1.82, 2.24) is 4.90 Å². The van der Waals surface area contributed by atoms with Crippen LogP contribution in [0.1, 0.15) is 18.4 Å². The van der Waals surface area contributed by atoms with E-state index in [1.807, 2.05) is 29.2 Å². The number of likely N-dealkylation sites (tertiary alicyclic amines) is 1. The van der Waals surface area contributed by atoms with Gasteiger partial charge < -0.3 is 9.64 Å². The van der Waals surface area contributed by atoms with Crippen LogP contribution in [0.2, 0.25) is 5.02 Å². The molecule has 1 aromatic carbocycles. The number of hydrogen-bond donors (Lipinski definition) is 0. The van der Waals surface area contributed by atoms with Gasteiger partial charge >= 0.3 is 5.97 Å². The average molecular weight is 342 g/mol. The molecule has 0 spiro atoms. The van der Waals surface area contributed by atoms with E-state index in [9.17, 15) is 9.59 Å². The second-order valence-electron chi connectivity index (χ2n) is 5.26. The number of ether oxygens (including phenoxy) is 1. The van der Waals surface area contributed by atoms with E-state index < -0.39 is 0 Å². The SMILES string of the molecule is COC(=O)C1CCN(C(=O)CSCc2ccccc2Cl)CC1. The summed E-state index contributed by atoms with van der Waals surface area (Å²) in [5.41, 5.74) is 1.05. The maximum absolute atomic E-state index is 12.2. The summed E-state index contributed by atoms with van der Waals surface area (Å²) in [6, 6.07) is 7.67. The molecule has 2 rings (SSSR count). The molecule has 6 heteroatoms. The molecule has 1 aliphatic rings. The fourth-order valence-electron chi connectivity index (χ4n) is 2.49. The van der Waals surface area contributed by atoms with E-state index >= 15 is 0 Å². The highest BCUT2D eigenvalue weighted by atomic mass is 35.5. The Morgan fingerprint density at radius 3 is 2.64 bits per heavy atom. The summed E-state index contributed by atoms with van der Waals surface area (Å²) in [7, 11) is 1.41. The molecular weight excluding hydrogens is 322 g/mol. The number of rotatable bonds is 5. The van der Waals surface area contributed by atoms with Crippen molar-refractivity contribution in [1.29, 1.82) is 0 Å². The van der Waals surface area contributed by atoms with Crippen molar-refractivity contribution in [2.45, 2.75) is 18.6 Å². The van der Waals surface area contributed by atoms with Crippen LogP contribution in [-0.2, 0) is 20.1 Å². The first-order chi connectivity index (χ1) is 10.6. The Kier molecular flexibility index (Phi) is 6.58. The Bertz CT molecular complexity index is 530. The van der Waals surface area contributed by atoms with E-state index in [0.717, 1.165) is 16.3 Å². The zero-order valence-electron chi connectivity index (χ0n) is 12.6. The number of thioether (sulfide) groups is 1. The van der Waals surface area contributed by atoms with Crippen LogP contribution in [0.25, 0.3) is 0 Å². The fraction of sp³-hybridized carbons (Fsp3) is 0.500. The maximum atomic E-state index is 12.2. The number of amides is 1. The Morgan fingerprint density at radius 1 is 1.32 bits per heavy atom. The average Bonchev–Trinajstić information content (AvgIpc) is 2.56. The number of esters is 1. The summed E-state index contributed by atoms with van der Waals surface area (Å²) in [4.78, 5) is 25.5. The predicted octanol–water partition coefficient (Wildman–Crippen LogP) is 2.98. The smallest absolute Gasteiger partial charge is 0.308 e. The molecule has 120 valence electrons. The second kappa shape index (κ2) is 8.44. The Morgan fingerprint density at radius 2 is 2.00 bits per heavy atom. The van der Waals surface area contributed by atoms with Gasteiger partial charge in [0.2, 0.25) is 5.91 Å². The van der Waals surface area contributed by atoms with E-state index in [1.165, 1.54) is 7.11 Å². The van der Waals surface area contributed by atoms with Crippen molar-refractivity contribution in [3.8, 4) is 0 Å². The number of hydrogen-bond acceptors (Lipinski definition) is 4. The van der Waals surface area contributed by atoms with Gasteiger partial charge in [-0.25, -0.2) is 0 Å². The fourth-order valence-corrected chi connectivity index (χ4v) is 3.70. The third-order valence-electron chi connectivity index (χ3n) is 3.82. The molecule has 1 heterocycles. The van der Waals surface area contributed by atoms with Crippen LogP contribution in [-0.4, -0.2) is 42.7 Å². The molecule has 0 N–H and O–H groups in total. The monoisotopic (exact) mass is 341 g/mol. The number of benzene rings is 1. The lowest BCUT2D eigenvalue weighted by Gasteiger charge is -2.30. The standard InChI is InChI=1S/C16H20ClNO3S/c1-21-16(20)12-6-8-18(9-7-12)15(19)11-22-10-13-4-2-3-5-14(13)17/h2-5,12H,6-11H2,1H3. The highest BCUT2D eigenvalue weighted by molar-refractivity contribution is 7.99. The molecule has 1 amide bonds. The second-order valence-corrected chi connectivity index (χ2v) is 6.66. The Labute approximate surface area is 140 Å². The van der Waals surface area contributed by atoms with Crippen molar-refractivity contribution in [3.05, 3.63) is 34.9 Å². The molecule has 1 saturated heterocycles. The first kappa shape index (κ1) is 17.2. The number of carbonyl (C=O) groups is 2. The third-order valence-corrected chi connectivity index (χ3v) is 5.16. The van der Waals surface area contributed by atoms with Crippen LogP contribution in [0, 0.1) is 5.92 Å². The highest BCUT2D eigenvalue weighted by Crippen LogP contribution is 2.22. The van der Waals surface area contributed by atoms with Gasteiger partial charge in [0.25, 0.3) is 0 Å². The van der Waals surface area contributed by atoms with Gasteiger partial charge in [-0.05, 0) is 24.5 Å². The Balaban J connectivity index is 1.72. The lowest BCUT2D eigenvalue weighted by atomic mass is 9.97. The van der Waals surface area contributed by atoms with Gasteiger partial charge in [0.05, 0.1) is 18.8 Å². The largest absolute Gasteiger partial charge is 0.469 e. The molecule has 0 radical (unpaired) electrons. The van der Waals surface area contributed by atoms with Gasteiger partial charge in [-0.3, -0.25) is 9.59 Å². The molecule has 0 bridgehead atoms. The summed E-state index contributed by atoms with van der Waals surface area (Å²) >= 11 is 7.66. The highest BCUT2D eigenvalue weighted by Gasteiger charge is 2.27. The molecule has 0 unspecified atom stereocenters. The van der Waals surface area contributed by atoms with E-state index in [-0.39, 0.29) is 17.8 Å². The molecule has 0 aliphatic carbocycles. The molecule has 22 heavy (non-hydrogen) atoms. The van der Waals surface area contributed by atoms with Gasteiger partial charge in [0.1, 0.15) is 0 Å². The van der Waals surface area contributed by atoms with Crippen molar-refractivity contribution in [2.24, 2.45) is 5.92 Å². The van der Waals surface area contributed by atoms with Gasteiger partial charge in [0, 0.05) is 23.9 Å². The lowest BCUT2D eigenvalue weighted by Crippen LogP contribution is -2.41. The maximum Gasteiger partial charge on any atom is 0.308 e. The predicted molar refractivity (Wildman–Crippen MR) is 88.9 cm³/mol. The van der Waals surface area contributed by atoms with Crippen LogP contribution >= 0.6 is 23.4 Å². The van der Waals surface area contributed by atoms with E-state index in [0.29, 0.717) is 31.7 Å². The van der Waals surface area contributed by atoms with Crippen LogP contribution in [0.15, 0.2) is 24.3 Å². The number of carbonyl (C=O) groups excluding carboxylic acids is 2. The van der Waals surface area contributed by atoms with Gasteiger partial charge in [0.15, 0.2) is 0 Å². The minimum Gasteiger partial charge on any atom is -0.469 e. The molecule has 4 nitrogen and oxygen atoms in total. The molecule has 1 aliphatic heterocycles.